The number of amides is 4. The first kappa shape index (κ1) is 12.5. The zero-order chi connectivity index (χ0) is 14.4. The van der Waals surface area contributed by atoms with E-state index < -0.39 is 42.3 Å². The summed E-state index contributed by atoms with van der Waals surface area (Å²) in [4.78, 5) is 47.8. The van der Waals surface area contributed by atoms with Gasteiger partial charge in [0, 0.05) is 6.42 Å². The quantitative estimate of drug-likeness (QED) is 0.734. The van der Waals surface area contributed by atoms with Gasteiger partial charge in [0.25, 0.3) is 17.7 Å². The summed E-state index contributed by atoms with van der Waals surface area (Å²) in [6, 6.07) is 4.82. The fraction of sp³-hybridized carbons (Fsp3) is 0.231. The summed E-state index contributed by atoms with van der Waals surface area (Å²) in [5.74, 6) is -3.17. The van der Waals surface area contributed by atoms with Crippen molar-refractivity contribution in [1.82, 2.24) is 10.2 Å². The van der Waals surface area contributed by atoms with E-state index in [1.165, 1.54) is 12.1 Å². The van der Waals surface area contributed by atoms with Crippen LogP contribution in [0.1, 0.15) is 27.1 Å². The van der Waals surface area contributed by atoms with E-state index in [0.29, 0.717) is 0 Å². The summed E-state index contributed by atoms with van der Waals surface area (Å²) in [6.45, 7) is 0. The lowest BCUT2D eigenvalue weighted by atomic mass is 10.0. The van der Waals surface area contributed by atoms with Gasteiger partial charge in [-0.15, -0.1) is 0 Å². The number of imide groups is 2. The second-order valence-electron chi connectivity index (χ2n) is 4.60. The Balaban J connectivity index is 1.97. The Kier molecular flexibility index (Phi) is 2.63. The standard InChI is InChI=1S/C13H9FN2O4/c14-8-5-9(11(18)15-10(8)17)16-12(19)6-3-1-2-4-7(6)13(16)20/h1-4,8-9H,5H2,(H,15,17,18)/t8-,9-/m0/s1. The van der Waals surface area contributed by atoms with E-state index in [1.807, 2.05) is 5.32 Å². The summed E-state index contributed by atoms with van der Waals surface area (Å²) in [7, 11) is 0. The average Bonchev–Trinajstić information content (AvgIpc) is 2.68. The van der Waals surface area contributed by atoms with Crippen LogP contribution in [0.3, 0.4) is 0 Å². The monoisotopic (exact) mass is 276 g/mol. The minimum atomic E-state index is -1.91. The molecule has 0 bridgehead atoms. The molecule has 0 saturated carbocycles. The highest BCUT2D eigenvalue weighted by atomic mass is 19.1. The maximum Gasteiger partial charge on any atom is 0.262 e. The molecule has 1 saturated heterocycles. The molecule has 3 rings (SSSR count). The van der Waals surface area contributed by atoms with Gasteiger partial charge in [-0.25, -0.2) is 4.39 Å². The van der Waals surface area contributed by atoms with Crippen molar-refractivity contribution in [3.05, 3.63) is 35.4 Å². The fourth-order valence-electron chi connectivity index (χ4n) is 2.41. The molecule has 2 aliphatic rings. The topological polar surface area (TPSA) is 83.6 Å². The third-order valence-electron chi connectivity index (χ3n) is 3.40. The Morgan fingerprint density at radius 2 is 1.55 bits per heavy atom. The highest BCUT2D eigenvalue weighted by molar-refractivity contribution is 6.23. The Morgan fingerprint density at radius 1 is 1.00 bits per heavy atom. The SMILES string of the molecule is O=C1NC(=O)[C@@H](N2C(=O)c3ccccc3C2=O)C[C@@H]1F. The summed E-state index contributed by atoms with van der Waals surface area (Å²) in [5, 5.41) is 1.82. The zero-order valence-electron chi connectivity index (χ0n) is 10.1. The molecular formula is C13H9FN2O4. The molecule has 0 aliphatic carbocycles. The number of halogens is 1. The Labute approximate surface area is 112 Å². The minimum Gasteiger partial charge on any atom is -0.292 e. The molecule has 1 aromatic carbocycles. The first-order valence-corrected chi connectivity index (χ1v) is 5.96. The molecule has 1 N–H and O–H groups in total. The molecule has 2 atom stereocenters. The molecule has 7 heteroatoms. The van der Waals surface area contributed by atoms with Gasteiger partial charge in [-0.3, -0.25) is 29.4 Å². The van der Waals surface area contributed by atoms with Crippen molar-refractivity contribution in [1.29, 1.82) is 0 Å². The molecule has 2 aliphatic heterocycles. The van der Waals surface area contributed by atoms with Crippen LogP contribution in [-0.4, -0.2) is 40.7 Å². The van der Waals surface area contributed by atoms with Crippen LogP contribution >= 0.6 is 0 Å². The smallest absolute Gasteiger partial charge is 0.262 e. The highest BCUT2D eigenvalue weighted by Gasteiger charge is 2.46. The van der Waals surface area contributed by atoms with Crippen LogP contribution in [0.15, 0.2) is 24.3 Å². The van der Waals surface area contributed by atoms with Gasteiger partial charge < -0.3 is 0 Å². The molecular weight excluding hydrogens is 267 g/mol. The molecule has 6 nitrogen and oxygen atoms in total. The van der Waals surface area contributed by atoms with Gasteiger partial charge in [-0.05, 0) is 12.1 Å². The number of hydrogen-bond acceptors (Lipinski definition) is 4. The van der Waals surface area contributed by atoms with Crippen molar-refractivity contribution < 1.29 is 23.6 Å². The number of benzene rings is 1. The number of hydrogen-bond donors (Lipinski definition) is 1. The molecule has 0 radical (unpaired) electrons. The predicted octanol–water partition coefficient (Wildman–Crippen LogP) is 0.0358. The number of nitrogens with zero attached hydrogens (tertiary/aromatic N) is 1. The predicted molar refractivity (Wildman–Crippen MR) is 63.4 cm³/mol. The minimum absolute atomic E-state index is 0.178. The normalized spacial score (nSPS) is 25.8. The molecule has 20 heavy (non-hydrogen) atoms. The number of rotatable bonds is 1. The molecule has 2 heterocycles. The molecule has 0 unspecified atom stereocenters. The third kappa shape index (κ3) is 1.63. The van der Waals surface area contributed by atoms with E-state index in [-0.39, 0.29) is 11.1 Å². The van der Waals surface area contributed by atoms with Crippen LogP contribution in [0.2, 0.25) is 0 Å². The molecule has 1 aromatic rings. The van der Waals surface area contributed by atoms with Crippen molar-refractivity contribution in [2.75, 3.05) is 0 Å². The van der Waals surface area contributed by atoms with E-state index in [4.69, 9.17) is 0 Å². The summed E-state index contributed by atoms with van der Waals surface area (Å²) in [5.41, 5.74) is 0.357. The number of nitrogens with one attached hydrogen (secondary N) is 1. The largest absolute Gasteiger partial charge is 0.292 e. The molecule has 4 amide bonds. The maximum absolute atomic E-state index is 13.4. The third-order valence-corrected chi connectivity index (χ3v) is 3.40. The maximum atomic E-state index is 13.4. The zero-order valence-corrected chi connectivity index (χ0v) is 10.1. The summed E-state index contributed by atoms with van der Waals surface area (Å²) >= 11 is 0. The molecule has 102 valence electrons. The summed E-state index contributed by atoms with van der Waals surface area (Å²) < 4.78 is 13.4. The summed E-state index contributed by atoms with van der Waals surface area (Å²) in [6.07, 6.45) is -2.42. The Bertz CT molecular complexity index is 623. The van der Waals surface area contributed by atoms with Crippen LogP contribution in [0.4, 0.5) is 4.39 Å². The van der Waals surface area contributed by atoms with E-state index in [0.717, 1.165) is 4.90 Å². The van der Waals surface area contributed by atoms with Gasteiger partial charge in [0.2, 0.25) is 5.91 Å². The van der Waals surface area contributed by atoms with Crippen molar-refractivity contribution in [3.63, 3.8) is 0 Å². The Hall–Kier alpha value is -2.57. The number of alkyl halides is 1. The lowest BCUT2D eigenvalue weighted by Gasteiger charge is -2.29. The first-order chi connectivity index (χ1) is 9.50. The van der Waals surface area contributed by atoms with Crippen LogP contribution in [0.25, 0.3) is 0 Å². The average molecular weight is 276 g/mol. The van der Waals surface area contributed by atoms with Crippen molar-refractivity contribution >= 4 is 23.6 Å². The number of carbonyl (C=O) groups excluding carboxylic acids is 4. The number of carbonyl (C=O) groups is 4. The van der Waals surface area contributed by atoms with Crippen molar-refractivity contribution in [3.8, 4) is 0 Å². The van der Waals surface area contributed by atoms with Crippen molar-refractivity contribution in [2.45, 2.75) is 18.6 Å². The van der Waals surface area contributed by atoms with E-state index in [2.05, 4.69) is 0 Å². The van der Waals surface area contributed by atoms with Gasteiger partial charge in [0.1, 0.15) is 6.04 Å². The number of fused-ring (bicyclic) bond motifs is 1. The van der Waals surface area contributed by atoms with Gasteiger partial charge in [-0.1, -0.05) is 12.1 Å². The van der Waals surface area contributed by atoms with Gasteiger partial charge in [0.15, 0.2) is 6.17 Å². The van der Waals surface area contributed by atoms with Gasteiger partial charge in [0.05, 0.1) is 11.1 Å². The van der Waals surface area contributed by atoms with Crippen LogP contribution in [0, 0.1) is 0 Å². The van der Waals surface area contributed by atoms with Gasteiger partial charge in [-0.2, -0.15) is 0 Å². The highest BCUT2D eigenvalue weighted by Crippen LogP contribution is 2.27. The van der Waals surface area contributed by atoms with Crippen LogP contribution in [0.5, 0.6) is 0 Å². The van der Waals surface area contributed by atoms with Crippen molar-refractivity contribution in [2.24, 2.45) is 0 Å². The fourth-order valence-corrected chi connectivity index (χ4v) is 2.41. The van der Waals surface area contributed by atoms with Gasteiger partial charge >= 0.3 is 0 Å². The Morgan fingerprint density at radius 3 is 2.10 bits per heavy atom. The number of piperidine rings is 1. The molecule has 1 fully saturated rings. The van der Waals surface area contributed by atoms with E-state index in [1.54, 1.807) is 12.1 Å². The van der Waals surface area contributed by atoms with E-state index >= 15 is 0 Å². The second kappa shape index (κ2) is 4.22. The lowest BCUT2D eigenvalue weighted by Crippen LogP contribution is -2.58. The van der Waals surface area contributed by atoms with Crippen LogP contribution in [-0.2, 0) is 9.59 Å². The first-order valence-electron chi connectivity index (χ1n) is 5.96. The van der Waals surface area contributed by atoms with Crippen LogP contribution < -0.4 is 5.32 Å². The second-order valence-corrected chi connectivity index (χ2v) is 4.60. The van der Waals surface area contributed by atoms with E-state index in [9.17, 15) is 23.6 Å². The molecule has 0 aromatic heterocycles. The molecule has 0 spiro atoms. The lowest BCUT2D eigenvalue weighted by molar-refractivity contribution is -0.140.